The van der Waals surface area contributed by atoms with Crippen LogP contribution in [0.4, 0.5) is 11.6 Å². The highest BCUT2D eigenvalue weighted by molar-refractivity contribution is 5.60. The number of rotatable bonds is 5. The summed E-state index contributed by atoms with van der Waals surface area (Å²) in [4.78, 5) is 22.4. The molecule has 1 aliphatic heterocycles. The normalized spacial score (nSPS) is 14.6. The van der Waals surface area contributed by atoms with Crippen molar-refractivity contribution in [3.8, 4) is 0 Å². The van der Waals surface area contributed by atoms with E-state index in [0.717, 1.165) is 55.4 Å². The molecular weight excluding hydrogens is 324 g/mol. The van der Waals surface area contributed by atoms with Crippen LogP contribution in [-0.4, -0.2) is 27.7 Å². The molecule has 0 bridgehead atoms. The van der Waals surface area contributed by atoms with Gasteiger partial charge in [-0.15, -0.1) is 0 Å². The van der Waals surface area contributed by atoms with Gasteiger partial charge < -0.3 is 0 Å². The van der Waals surface area contributed by atoms with Crippen LogP contribution in [0, 0.1) is 20.8 Å². The van der Waals surface area contributed by atoms with Crippen LogP contribution in [0.5, 0.6) is 0 Å². The highest BCUT2D eigenvalue weighted by Crippen LogP contribution is 2.29. The zero-order chi connectivity index (χ0) is 18.8. The second-order valence-corrected chi connectivity index (χ2v) is 7.29. The molecule has 2 heterocycles. The van der Waals surface area contributed by atoms with Gasteiger partial charge in [-0.2, -0.15) is 0 Å². The van der Waals surface area contributed by atoms with Gasteiger partial charge in [-0.25, -0.2) is 4.98 Å². The van der Waals surface area contributed by atoms with Crippen LogP contribution in [0.3, 0.4) is 0 Å². The van der Waals surface area contributed by atoms with Crippen LogP contribution in [-0.2, 0) is 13.1 Å². The van der Waals surface area contributed by atoms with Crippen molar-refractivity contribution in [1.29, 1.82) is 0 Å². The number of aryl methyl sites for hydroxylation is 3. The minimum absolute atomic E-state index is 0.102. The lowest BCUT2D eigenvalue weighted by molar-refractivity contribution is 0.195. The lowest BCUT2D eigenvalue weighted by atomic mass is 10.1. The minimum Gasteiger partial charge on any atom is -0.298 e. The quantitative estimate of drug-likeness (QED) is 0.817. The SMILES string of the molecule is CCCCN1CN(c2ccc(C)c(C)c2)c2nc(C)c(CC)c(=O)n2C1. The molecular formula is C21H30N4O. The van der Waals surface area contributed by atoms with E-state index in [1.165, 1.54) is 11.1 Å². The van der Waals surface area contributed by atoms with Crippen molar-refractivity contribution in [3.63, 3.8) is 0 Å². The monoisotopic (exact) mass is 354 g/mol. The number of hydrogen-bond donors (Lipinski definition) is 0. The second-order valence-electron chi connectivity index (χ2n) is 7.29. The molecule has 0 radical (unpaired) electrons. The smallest absolute Gasteiger partial charge is 0.259 e. The Morgan fingerprint density at radius 1 is 1.08 bits per heavy atom. The first-order chi connectivity index (χ1) is 12.5. The third kappa shape index (κ3) is 3.40. The fourth-order valence-electron chi connectivity index (χ4n) is 3.55. The lowest BCUT2D eigenvalue weighted by Crippen LogP contribution is -2.48. The van der Waals surface area contributed by atoms with Gasteiger partial charge in [-0.3, -0.25) is 19.2 Å². The number of unbranched alkanes of at least 4 members (excludes halogenated alkanes) is 1. The van der Waals surface area contributed by atoms with Gasteiger partial charge in [0.25, 0.3) is 5.56 Å². The molecule has 0 saturated heterocycles. The Hall–Kier alpha value is -2.14. The summed E-state index contributed by atoms with van der Waals surface area (Å²) in [5.41, 5.74) is 5.40. The summed E-state index contributed by atoms with van der Waals surface area (Å²) in [6, 6.07) is 6.47. The molecule has 0 spiro atoms. The molecule has 0 fully saturated rings. The summed E-state index contributed by atoms with van der Waals surface area (Å²) in [7, 11) is 0. The molecule has 1 aliphatic rings. The Morgan fingerprint density at radius 2 is 1.85 bits per heavy atom. The highest BCUT2D eigenvalue weighted by Gasteiger charge is 2.27. The molecule has 1 aromatic carbocycles. The Labute approximate surface area is 156 Å². The van der Waals surface area contributed by atoms with Gasteiger partial charge in [0.2, 0.25) is 5.95 Å². The maximum atomic E-state index is 13.1. The van der Waals surface area contributed by atoms with Gasteiger partial charge in [-0.05, 0) is 56.9 Å². The van der Waals surface area contributed by atoms with Crippen LogP contribution in [0.1, 0.15) is 49.1 Å². The van der Waals surface area contributed by atoms with E-state index in [2.05, 4.69) is 48.8 Å². The molecule has 0 saturated carbocycles. The van der Waals surface area contributed by atoms with Gasteiger partial charge in [-0.1, -0.05) is 26.3 Å². The number of nitrogens with zero attached hydrogens (tertiary/aromatic N) is 4. The average molecular weight is 354 g/mol. The van der Waals surface area contributed by atoms with Gasteiger partial charge in [0, 0.05) is 23.5 Å². The van der Waals surface area contributed by atoms with Gasteiger partial charge in [0.1, 0.15) is 0 Å². The fourth-order valence-corrected chi connectivity index (χ4v) is 3.55. The van der Waals surface area contributed by atoms with Crippen molar-refractivity contribution in [2.75, 3.05) is 18.1 Å². The zero-order valence-electron chi connectivity index (χ0n) is 16.7. The molecule has 0 unspecified atom stereocenters. The molecule has 5 nitrogen and oxygen atoms in total. The Morgan fingerprint density at radius 3 is 2.50 bits per heavy atom. The first kappa shape index (κ1) is 18.6. The fraction of sp³-hybridized carbons (Fsp3) is 0.524. The van der Waals surface area contributed by atoms with Crippen molar-refractivity contribution in [2.24, 2.45) is 0 Å². The number of fused-ring (bicyclic) bond motifs is 1. The topological polar surface area (TPSA) is 41.4 Å². The molecule has 3 rings (SSSR count). The summed E-state index contributed by atoms with van der Waals surface area (Å²) in [6.07, 6.45) is 3.00. The van der Waals surface area contributed by atoms with Crippen LogP contribution < -0.4 is 10.5 Å². The van der Waals surface area contributed by atoms with E-state index in [4.69, 9.17) is 4.98 Å². The van der Waals surface area contributed by atoms with Crippen molar-refractivity contribution in [2.45, 2.75) is 60.5 Å². The first-order valence-electron chi connectivity index (χ1n) is 9.63. The van der Waals surface area contributed by atoms with Crippen LogP contribution in [0.15, 0.2) is 23.0 Å². The molecule has 0 amide bonds. The first-order valence-corrected chi connectivity index (χ1v) is 9.63. The Balaban J connectivity index is 2.12. The highest BCUT2D eigenvalue weighted by atomic mass is 16.1. The maximum absolute atomic E-state index is 13.1. The average Bonchev–Trinajstić information content (AvgIpc) is 2.62. The summed E-state index contributed by atoms with van der Waals surface area (Å²) in [6.45, 7) is 12.8. The van der Waals surface area contributed by atoms with Crippen molar-refractivity contribution < 1.29 is 0 Å². The van der Waals surface area contributed by atoms with Gasteiger partial charge >= 0.3 is 0 Å². The summed E-state index contributed by atoms with van der Waals surface area (Å²) < 4.78 is 1.85. The third-order valence-corrected chi connectivity index (χ3v) is 5.36. The molecule has 1 aromatic heterocycles. The van der Waals surface area contributed by atoms with E-state index >= 15 is 0 Å². The van der Waals surface area contributed by atoms with Crippen LogP contribution in [0.2, 0.25) is 0 Å². The van der Waals surface area contributed by atoms with E-state index in [9.17, 15) is 4.79 Å². The van der Waals surface area contributed by atoms with E-state index in [1.54, 1.807) is 0 Å². The number of hydrogen-bond acceptors (Lipinski definition) is 4. The molecule has 26 heavy (non-hydrogen) atoms. The summed E-state index contributed by atoms with van der Waals surface area (Å²) in [5.74, 6) is 0.765. The number of anilines is 2. The molecule has 0 aliphatic carbocycles. The predicted molar refractivity (Wildman–Crippen MR) is 107 cm³/mol. The van der Waals surface area contributed by atoms with Gasteiger partial charge in [0.15, 0.2) is 0 Å². The largest absolute Gasteiger partial charge is 0.298 e. The third-order valence-electron chi connectivity index (χ3n) is 5.36. The molecule has 0 atom stereocenters. The molecule has 140 valence electrons. The van der Waals surface area contributed by atoms with Crippen LogP contribution >= 0.6 is 0 Å². The molecule has 0 N–H and O–H groups in total. The lowest BCUT2D eigenvalue weighted by Gasteiger charge is -2.38. The van der Waals surface area contributed by atoms with Crippen molar-refractivity contribution >= 4 is 11.6 Å². The van der Waals surface area contributed by atoms with Gasteiger partial charge in [0.05, 0.1) is 13.3 Å². The zero-order valence-corrected chi connectivity index (χ0v) is 16.7. The van der Waals surface area contributed by atoms with E-state index in [1.807, 2.05) is 18.4 Å². The van der Waals surface area contributed by atoms with Crippen molar-refractivity contribution in [3.05, 3.63) is 50.9 Å². The summed E-state index contributed by atoms with van der Waals surface area (Å²) >= 11 is 0. The molecule has 5 heteroatoms. The number of aromatic nitrogens is 2. The maximum Gasteiger partial charge on any atom is 0.259 e. The van der Waals surface area contributed by atoms with Crippen molar-refractivity contribution in [1.82, 2.24) is 14.5 Å². The second kappa shape index (κ2) is 7.62. The van der Waals surface area contributed by atoms with E-state index < -0.39 is 0 Å². The standard InChI is InChI=1S/C21H30N4O/c1-6-8-11-23-13-24(18-10-9-15(3)16(4)12-18)21-22-17(5)19(7-2)20(26)25(21)14-23/h9-10,12H,6-8,11,13-14H2,1-5H3. The predicted octanol–water partition coefficient (Wildman–Crippen LogP) is 3.90. The minimum atomic E-state index is 0.102. The van der Waals surface area contributed by atoms with E-state index in [-0.39, 0.29) is 5.56 Å². The Kier molecular flexibility index (Phi) is 5.47. The number of benzene rings is 1. The summed E-state index contributed by atoms with van der Waals surface area (Å²) in [5, 5.41) is 0. The Bertz CT molecular complexity index is 856. The van der Waals surface area contributed by atoms with Crippen LogP contribution in [0.25, 0.3) is 0 Å². The van der Waals surface area contributed by atoms with E-state index in [0.29, 0.717) is 6.67 Å². The molecule has 2 aromatic rings.